The maximum atomic E-state index is 13.4. The minimum Gasteiger partial charge on any atom is -0.490 e. The Morgan fingerprint density at radius 2 is 1.97 bits per heavy atom. The van der Waals surface area contributed by atoms with E-state index in [4.69, 9.17) is 30.8 Å². The van der Waals surface area contributed by atoms with Crippen LogP contribution in [0.15, 0.2) is 43.1 Å². The summed E-state index contributed by atoms with van der Waals surface area (Å²) in [7, 11) is 1.27. The Bertz CT molecular complexity index is 1400. The van der Waals surface area contributed by atoms with Crippen molar-refractivity contribution in [2.75, 3.05) is 13.7 Å². The number of hydrogen-bond acceptors (Lipinski definition) is 7. The summed E-state index contributed by atoms with van der Waals surface area (Å²) in [6, 6.07) is 7.02. The quantitative estimate of drug-likeness (QED) is 0.229. The fraction of sp³-hybridized carbons (Fsp3) is 0.360. The van der Waals surface area contributed by atoms with E-state index in [2.05, 4.69) is 37.0 Å². The normalized spacial score (nSPS) is 12.7. The van der Waals surface area contributed by atoms with E-state index in [0.29, 0.717) is 39.1 Å². The van der Waals surface area contributed by atoms with E-state index >= 15 is 0 Å². The first kappa shape index (κ1) is 28.1. The Morgan fingerprint density at radius 3 is 2.58 bits per heavy atom. The van der Waals surface area contributed by atoms with Crippen LogP contribution in [0.3, 0.4) is 0 Å². The summed E-state index contributed by atoms with van der Waals surface area (Å²) in [5.74, 6) is 0.439. The zero-order chi connectivity index (χ0) is 26.8. The molecule has 1 aromatic heterocycles. The number of aromatic nitrogens is 2. The molecule has 0 N–H and O–H groups in total. The van der Waals surface area contributed by atoms with Crippen LogP contribution in [0.5, 0.6) is 11.5 Å². The van der Waals surface area contributed by atoms with Gasteiger partial charge in [0.25, 0.3) is 5.56 Å². The molecule has 0 aliphatic carbocycles. The van der Waals surface area contributed by atoms with Crippen LogP contribution in [-0.4, -0.2) is 41.7 Å². The van der Waals surface area contributed by atoms with Crippen LogP contribution >= 0.6 is 43.5 Å². The van der Waals surface area contributed by atoms with Crippen molar-refractivity contribution < 1.29 is 19.0 Å². The molecule has 1 atom stereocenters. The highest BCUT2D eigenvalue weighted by molar-refractivity contribution is 9.10. The molecule has 8 nitrogen and oxygen atoms in total. The van der Waals surface area contributed by atoms with Crippen molar-refractivity contribution in [2.45, 2.75) is 46.1 Å². The molecule has 0 aliphatic heterocycles. The minimum atomic E-state index is -0.908. The van der Waals surface area contributed by atoms with Crippen molar-refractivity contribution in [3.05, 3.63) is 60.0 Å². The molecule has 0 saturated heterocycles. The molecule has 3 aromatic rings. The van der Waals surface area contributed by atoms with Crippen LogP contribution in [0.25, 0.3) is 10.9 Å². The van der Waals surface area contributed by atoms with Crippen molar-refractivity contribution in [2.24, 2.45) is 5.10 Å². The molecular weight excluding hydrogens is 618 g/mol. The molecule has 0 amide bonds. The molecule has 36 heavy (non-hydrogen) atoms. The molecule has 11 heteroatoms. The van der Waals surface area contributed by atoms with Gasteiger partial charge in [0.05, 0.1) is 30.8 Å². The summed E-state index contributed by atoms with van der Waals surface area (Å²) in [5, 5.41) is 5.11. The lowest BCUT2D eigenvalue weighted by molar-refractivity contribution is -0.147. The Kier molecular flexibility index (Phi) is 8.84. The van der Waals surface area contributed by atoms with Crippen LogP contribution < -0.4 is 15.0 Å². The summed E-state index contributed by atoms with van der Waals surface area (Å²) >= 11 is 13.5. The molecule has 192 valence electrons. The van der Waals surface area contributed by atoms with Gasteiger partial charge >= 0.3 is 5.97 Å². The SMILES string of the molecule is CCOc1cc(C=Nn2c(C(C)(C)C)nc3ccc(Br)cc3c2=O)c(Br)c(Cl)c1O[C@@H](C)C(=O)OC. The summed E-state index contributed by atoms with van der Waals surface area (Å²) in [5.41, 5.74) is 0.345. The highest BCUT2D eigenvalue weighted by atomic mass is 79.9. The van der Waals surface area contributed by atoms with Crippen LogP contribution in [-0.2, 0) is 14.9 Å². The summed E-state index contributed by atoms with van der Waals surface area (Å²) in [6.07, 6.45) is 0.586. The predicted molar refractivity (Wildman–Crippen MR) is 148 cm³/mol. The van der Waals surface area contributed by atoms with Crippen molar-refractivity contribution in [3.63, 3.8) is 0 Å². The summed E-state index contributed by atoms with van der Waals surface area (Å²) in [4.78, 5) is 30.0. The third-order valence-corrected chi connectivity index (χ3v) is 7.01. The second kappa shape index (κ2) is 11.3. The fourth-order valence-corrected chi connectivity index (χ4v) is 4.33. The van der Waals surface area contributed by atoms with E-state index < -0.39 is 17.5 Å². The van der Waals surface area contributed by atoms with Crippen LogP contribution in [0.4, 0.5) is 0 Å². The van der Waals surface area contributed by atoms with Crippen molar-refractivity contribution in [1.29, 1.82) is 0 Å². The number of carbonyl (C=O) groups is 1. The molecule has 0 bridgehead atoms. The van der Waals surface area contributed by atoms with Crippen LogP contribution in [0.2, 0.25) is 5.02 Å². The fourth-order valence-electron chi connectivity index (χ4n) is 3.32. The first-order valence-electron chi connectivity index (χ1n) is 11.1. The van der Waals surface area contributed by atoms with Gasteiger partial charge in [-0.05, 0) is 54.0 Å². The maximum Gasteiger partial charge on any atom is 0.346 e. The largest absolute Gasteiger partial charge is 0.490 e. The zero-order valence-electron chi connectivity index (χ0n) is 20.7. The number of methoxy groups -OCH3 is 1. The van der Waals surface area contributed by atoms with Crippen molar-refractivity contribution in [1.82, 2.24) is 9.66 Å². The van der Waals surface area contributed by atoms with Gasteiger partial charge in [0.1, 0.15) is 10.8 Å². The molecule has 0 fully saturated rings. The Hall–Kier alpha value is -2.43. The molecule has 1 heterocycles. The van der Waals surface area contributed by atoms with Gasteiger partial charge in [-0.3, -0.25) is 4.79 Å². The second-order valence-corrected chi connectivity index (χ2v) is 10.9. The van der Waals surface area contributed by atoms with Gasteiger partial charge in [-0.2, -0.15) is 9.78 Å². The van der Waals surface area contributed by atoms with E-state index in [1.807, 2.05) is 33.8 Å². The summed E-state index contributed by atoms with van der Waals surface area (Å²) in [6.45, 7) is 9.56. The van der Waals surface area contributed by atoms with Crippen LogP contribution in [0.1, 0.15) is 46.0 Å². The lowest BCUT2D eigenvalue weighted by Crippen LogP contribution is -2.29. The average Bonchev–Trinajstić information content (AvgIpc) is 2.82. The van der Waals surface area contributed by atoms with Gasteiger partial charge in [0.2, 0.25) is 0 Å². The van der Waals surface area contributed by atoms with Gasteiger partial charge in [0.15, 0.2) is 17.6 Å². The molecule has 0 unspecified atom stereocenters. The highest BCUT2D eigenvalue weighted by Gasteiger charge is 2.25. The maximum absolute atomic E-state index is 13.4. The van der Waals surface area contributed by atoms with Crippen molar-refractivity contribution >= 4 is 66.5 Å². The molecule has 0 radical (unpaired) electrons. The van der Waals surface area contributed by atoms with Crippen molar-refractivity contribution in [3.8, 4) is 11.5 Å². The van der Waals surface area contributed by atoms with Gasteiger partial charge in [0, 0.05) is 19.9 Å². The number of rotatable bonds is 7. The standard InChI is InChI=1S/C25H26Br2ClN3O5/c1-7-35-18-10-14(19(27)20(28)21(18)36-13(2)23(33)34-6)12-29-31-22(32)16-11-15(26)8-9-17(16)30-24(31)25(3,4)5/h8-13H,7H2,1-6H3/t13-/m0/s1. The molecule has 2 aromatic carbocycles. The van der Waals surface area contributed by atoms with Gasteiger partial charge in [-0.1, -0.05) is 48.3 Å². The Balaban J connectivity index is 2.17. The number of benzene rings is 2. The third kappa shape index (κ3) is 5.92. The minimum absolute atomic E-state index is 0.183. The van der Waals surface area contributed by atoms with Gasteiger partial charge in [-0.25, -0.2) is 9.78 Å². The third-order valence-electron chi connectivity index (χ3n) is 5.07. The topological polar surface area (TPSA) is 92.0 Å². The average molecular weight is 644 g/mol. The lowest BCUT2D eigenvalue weighted by Gasteiger charge is -2.21. The van der Waals surface area contributed by atoms with E-state index in [1.165, 1.54) is 18.0 Å². The number of nitrogens with zero attached hydrogens (tertiary/aromatic N) is 3. The number of esters is 1. The van der Waals surface area contributed by atoms with Gasteiger partial charge in [-0.15, -0.1) is 0 Å². The second-order valence-electron chi connectivity index (χ2n) is 8.85. The smallest absolute Gasteiger partial charge is 0.346 e. The Labute approximate surface area is 230 Å². The number of hydrogen-bond donors (Lipinski definition) is 0. The number of ether oxygens (including phenoxy) is 3. The van der Waals surface area contributed by atoms with Crippen LogP contribution in [0, 0.1) is 0 Å². The predicted octanol–water partition coefficient (Wildman–Crippen LogP) is 6.09. The molecular formula is C25H26Br2ClN3O5. The van der Waals surface area contributed by atoms with E-state index in [1.54, 1.807) is 25.1 Å². The first-order chi connectivity index (χ1) is 16.9. The number of halogens is 3. The zero-order valence-corrected chi connectivity index (χ0v) is 24.6. The molecule has 0 aliphatic rings. The molecule has 0 spiro atoms. The van der Waals surface area contributed by atoms with E-state index in [-0.39, 0.29) is 16.3 Å². The molecule has 3 rings (SSSR count). The number of fused-ring (bicyclic) bond motifs is 1. The first-order valence-corrected chi connectivity index (χ1v) is 13.0. The molecule has 0 saturated carbocycles. The number of carbonyl (C=O) groups excluding carboxylic acids is 1. The monoisotopic (exact) mass is 641 g/mol. The highest BCUT2D eigenvalue weighted by Crippen LogP contribution is 2.43. The van der Waals surface area contributed by atoms with E-state index in [0.717, 1.165) is 4.47 Å². The summed E-state index contributed by atoms with van der Waals surface area (Å²) < 4.78 is 18.7. The lowest BCUT2D eigenvalue weighted by atomic mass is 9.95. The van der Waals surface area contributed by atoms with E-state index in [9.17, 15) is 9.59 Å². The van der Waals surface area contributed by atoms with Gasteiger partial charge < -0.3 is 14.2 Å². The Morgan fingerprint density at radius 1 is 1.28 bits per heavy atom.